The summed E-state index contributed by atoms with van der Waals surface area (Å²) < 4.78 is 0. The Morgan fingerprint density at radius 3 is 2.46 bits per heavy atom. The summed E-state index contributed by atoms with van der Waals surface area (Å²) in [7, 11) is 0. The standard InChI is InChI=1S/C22H28N2OS/c1-17-4-3-13-24(14-17)15-18-7-11-21(12-8-18)23-22(25)20-9-5-19(6-10-20)16-26-2/h5-12,17H,3-4,13-16H2,1-2H3,(H,23,25). The molecule has 2 aromatic carbocycles. The topological polar surface area (TPSA) is 32.3 Å². The number of benzene rings is 2. The minimum atomic E-state index is -0.0571. The van der Waals surface area contributed by atoms with Crippen LogP contribution in [0.4, 0.5) is 5.69 Å². The molecule has 1 N–H and O–H groups in total. The van der Waals surface area contributed by atoms with Gasteiger partial charge in [0.15, 0.2) is 0 Å². The number of hydrogen-bond acceptors (Lipinski definition) is 3. The van der Waals surface area contributed by atoms with E-state index in [-0.39, 0.29) is 5.91 Å². The molecule has 2 aromatic rings. The van der Waals surface area contributed by atoms with Crippen LogP contribution in [0.3, 0.4) is 0 Å². The molecule has 1 amide bonds. The lowest BCUT2D eigenvalue weighted by Gasteiger charge is -2.30. The van der Waals surface area contributed by atoms with Gasteiger partial charge in [-0.3, -0.25) is 9.69 Å². The highest BCUT2D eigenvalue weighted by molar-refractivity contribution is 7.97. The molecule has 138 valence electrons. The van der Waals surface area contributed by atoms with Crippen LogP contribution in [0.15, 0.2) is 48.5 Å². The zero-order valence-corrected chi connectivity index (χ0v) is 16.5. The third-order valence-electron chi connectivity index (χ3n) is 4.89. The van der Waals surface area contributed by atoms with E-state index in [1.807, 2.05) is 36.4 Å². The third kappa shape index (κ3) is 5.36. The number of thioether (sulfide) groups is 1. The highest BCUT2D eigenvalue weighted by atomic mass is 32.2. The number of carbonyl (C=O) groups is 1. The molecule has 0 bridgehead atoms. The quantitative estimate of drug-likeness (QED) is 0.776. The van der Waals surface area contributed by atoms with Gasteiger partial charge in [0.25, 0.3) is 5.91 Å². The average molecular weight is 369 g/mol. The summed E-state index contributed by atoms with van der Waals surface area (Å²) in [5.74, 6) is 1.71. The Hall–Kier alpha value is -1.78. The number of likely N-dealkylation sites (tertiary alicyclic amines) is 1. The second-order valence-electron chi connectivity index (χ2n) is 7.26. The van der Waals surface area contributed by atoms with E-state index in [9.17, 15) is 4.79 Å². The van der Waals surface area contributed by atoms with Gasteiger partial charge in [-0.05, 0) is 67.0 Å². The van der Waals surface area contributed by atoms with E-state index in [1.165, 1.54) is 37.1 Å². The number of amides is 1. The van der Waals surface area contributed by atoms with Crippen molar-refractivity contribution in [2.24, 2.45) is 5.92 Å². The predicted octanol–water partition coefficient (Wildman–Crippen LogP) is 5.03. The summed E-state index contributed by atoms with van der Waals surface area (Å²) >= 11 is 1.78. The smallest absolute Gasteiger partial charge is 0.255 e. The summed E-state index contributed by atoms with van der Waals surface area (Å²) in [6.45, 7) is 5.70. The average Bonchev–Trinajstić information content (AvgIpc) is 2.64. The van der Waals surface area contributed by atoms with Gasteiger partial charge in [-0.1, -0.05) is 31.2 Å². The largest absolute Gasteiger partial charge is 0.322 e. The van der Waals surface area contributed by atoms with Gasteiger partial charge < -0.3 is 5.32 Å². The van der Waals surface area contributed by atoms with Crippen LogP contribution < -0.4 is 5.32 Å². The van der Waals surface area contributed by atoms with Gasteiger partial charge in [0, 0.05) is 30.1 Å². The number of piperidine rings is 1. The molecule has 0 aliphatic carbocycles. The maximum atomic E-state index is 12.4. The number of anilines is 1. The van der Waals surface area contributed by atoms with Gasteiger partial charge in [-0.25, -0.2) is 0 Å². The Morgan fingerprint density at radius 1 is 1.12 bits per heavy atom. The number of nitrogens with one attached hydrogen (secondary N) is 1. The Kier molecular flexibility index (Phi) is 6.75. The Labute approximate surface area is 161 Å². The van der Waals surface area contributed by atoms with E-state index < -0.39 is 0 Å². The van der Waals surface area contributed by atoms with E-state index in [1.54, 1.807) is 11.8 Å². The van der Waals surface area contributed by atoms with Gasteiger partial charge in [0.05, 0.1) is 0 Å². The molecule has 1 aliphatic heterocycles. The van der Waals surface area contributed by atoms with Crippen molar-refractivity contribution in [3.63, 3.8) is 0 Å². The van der Waals surface area contributed by atoms with Gasteiger partial charge in [0.1, 0.15) is 0 Å². The second-order valence-corrected chi connectivity index (χ2v) is 8.13. The van der Waals surface area contributed by atoms with Crippen LogP contribution in [0, 0.1) is 5.92 Å². The van der Waals surface area contributed by atoms with Crippen molar-refractivity contribution in [1.82, 2.24) is 4.90 Å². The minimum Gasteiger partial charge on any atom is -0.322 e. The summed E-state index contributed by atoms with van der Waals surface area (Å²) in [6, 6.07) is 16.1. The fourth-order valence-corrected chi connectivity index (χ4v) is 4.03. The zero-order chi connectivity index (χ0) is 18.4. The maximum absolute atomic E-state index is 12.4. The van der Waals surface area contributed by atoms with E-state index >= 15 is 0 Å². The van der Waals surface area contributed by atoms with Crippen LogP contribution in [0.25, 0.3) is 0 Å². The van der Waals surface area contributed by atoms with E-state index in [2.05, 4.69) is 35.5 Å². The maximum Gasteiger partial charge on any atom is 0.255 e. The molecule has 26 heavy (non-hydrogen) atoms. The molecule has 1 heterocycles. The van der Waals surface area contributed by atoms with E-state index in [0.717, 1.165) is 23.9 Å². The SMILES string of the molecule is CSCc1ccc(C(=O)Nc2ccc(CN3CCCC(C)C3)cc2)cc1. The first kappa shape index (κ1) is 19.0. The number of rotatable bonds is 6. The fraction of sp³-hybridized carbons (Fsp3) is 0.409. The van der Waals surface area contributed by atoms with Crippen molar-refractivity contribution < 1.29 is 4.79 Å². The van der Waals surface area contributed by atoms with Crippen molar-refractivity contribution in [2.75, 3.05) is 24.7 Å². The molecule has 3 nitrogen and oxygen atoms in total. The molecule has 1 atom stereocenters. The Morgan fingerprint density at radius 2 is 1.81 bits per heavy atom. The summed E-state index contributed by atoms with van der Waals surface area (Å²) in [6.07, 6.45) is 4.72. The third-order valence-corrected chi connectivity index (χ3v) is 5.51. The van der Waals surface area contributed by atoms with Gasteiger partial charge in [-0.15, -0.1) is 0 Å². The van der Waals surface area contributed by atoms with Crippen molar-refractivity contribution >= 4 is 23.4 Å². The normalized spacial score (nSPS) is 17.8. The first-order valence-corrected chi connectivity index (χ1v) is 10.7. The second kappa shape index (κ2) is 9.24. The number of hydrogen-bond donors (Lipinski definition) is 1. The number of carbonyl (C=O) groups excluding carboxylic acids is 1. The molecular formula is C22H28N2OS. The van der Waals surface area contributed by atoms with Crippen LogP contribution >= 0.6 is 11.8 Å². The number of nitrogens with zero attached hydrogens (tertiary/aromatic N) is 1. The highest BCUT2D eigenvalue weighted by Crippen LogP contribution is 2.19. The fourth-order valence-electron chi connectivity index (χ4n) is 3.50. The van der Waals surface area contributed by atoms with Crippen molar-refractivity contribution in [1.29, 1.82) is 0 Å². The Balaban J connectivity index is 1.55. The summed E-state index contributed by atoms with van der Waals surface area (Å²) in [5.41, 5.74) is 4.09. The van der Waals surface area contributed by atoms with E-state index in [4.69, 9.17) is 0 Å². The first-order chi connectivity index (χ1) is 12.6. The lowest BCUT2D eigenvalue weighted by molar-refractivity contribution is 0.102. The van der Waals surface area contributed by atoms with Crippen molar-refractivity contribution in [3.05, 3.63) is 65.2 Å². The van der Waals surface area contributed by atoms with Crippen LogP contribution in [-0.2, 0) is 12.3 Å². The van der Waals surface area contributed by atoms with Gasteiger partial charge >= 0.3 is 0 Å². The van der Waals surface area contributed by atoms with Crippen molar-refractivity contribution in [2.45, 2.75) is 32.1 Å². The molecule has 1 saturated heterocycles. The molecule has 0 saturated carbocycles. The highest BCUT2D eigenvalue weighted by Gasteiger charge is 2.16. The zero-order valence-electron chi connectivity index (χ0n) is 15.7. The molecular weight excluding hydrogens is 340 g/mol. The molecule has 0 spiro atoms. The summed E-state index contributed by atoms with van der Waals surface area (Å²) in [4.78, 5) is 14.9. The molecule has 1 unspecified atom stereocenters. The summed E-state index contributed by atoms with van der Waals surface area (Å²) in [5, 5.41) is 2.99. The van der Waals surface area contributed by atoms with Crippen LogP contribution in [0.5, 0.6) is 0 Å². The Bertz CT molecular complexity index is 712. The molecule has 1 aliphatic rings. The lowest BCUT2D eigenvalue weighted by atomic mass is 10.00. The molecule has 4 heteroatoms. The molecule has 3 rings (SSSR count). The van der Waals surface area contributed by atoms with Gasteiger partial charge in [0.2, 0.25) is 0 Å². The van der Waals surface area contributed by atoms with Crippen LogP contribution in [-0.4, -0.2) is 30.2 Å². The minimum absolute atomic E-state index is 0.0571. The first-order valence-electron chi connectivity index (χ1n) is 9.34. The predicted molar refractivity (Wildman–Crippen MR) is 112 cm³/mol. The monoisotopic (exact) mass is 368 g/mol. The molecule has 1 fully saturated rings. The molecule has 0 aromatic heterocycles. The van der Waals surface area contributed by atoms with Crippen LogP contribution in [0.2, 0.25) is 0 Å². The molecule has 0 radical (unpaired) electrons. The lowest BCUT2D eigenvalue weighted by Crippen LogP contribution is -2.33. The van der Waals surface area contributed by atoms with Gasteiger partial charge in [-0.2, -0.15) is 11.8 Å². The van der Waals surface area contributed by atoms with Crippen molar-refractivity contribution in [3.8, 4) is 0 Å². The van der Waals surface area contributed by atoms with Crippen LogP contribution in [0.1, 0.15) is 41.3 Å². The van der Waals surface area contributed by atoms with E-state index in [0.29, 0.717) is 5.56 Å².